The average molecular weight is 242 g/mol. The standard InChI is InChI=1S/C10H12BrNO/c1-10(2)5-6-3-7(11)4-8(12)9(6)13-10/h3-4H,5,12H2,1-2H3. The van der Waals surface area contributed by atoms with Gasteiger partial charge in [0.2, 0.25) is 0 Å². The van der Waals surface area contributed by atoms with E-state index >= 15 is 0 Å². The molecule has 0 radical (unpaired) electrons. The number of nitrogens with two attached hydrogens (primary N) is 1. The number of ether oxygens (including phenoxy) is 1. The van der Waals surface area contributed by atoms with Gasteiger partial charge in [0, 0.05) is 16.5 Å². The number of halogens is 1. The minimum Gasteiger partial charge on any atom is -0.485 e. The maximum Gasteiger partial charge on any atom is 0.146 e. The van der Waals surface area contributed by atoms with Gasteiger partial charge in [0.25, 0.3) is 0 Å². The van der Waals surface area contributed by atoms with Crippen molar-refractivity contribution < 1.29 is 4.74 Å². The number of benzene rings is 1. The van der Waals surface area contributed by atoms with Gasteiger partial charge >= 0.3 is 0 Å². The number of hydrogen-bond acceptors (Lipinski definition) is 2. The lowest BCUT2D eigenvalue weighted by Crippen LogP contribution is -2.24. The van der Waals surface area contributed by atoms with E-state index in [1.54, 1.807) is 0 Å². The van der Waals surface area contributed by atoms with Gasteiger partial charge < -0.3 is 10.5 Å². The van der Waals surface area contributed by atoms with Crippen molar-refractivity contribution in [3.05, 3.63) is 22.2 Å². The van der Waals surface area contributed by atoms with E-state index < -0.39 is 0 Å². The molecule has 2 rings (SSSR count). The predicted octanol–water partition coefficient (Wildman–Crippen LogP) is 2.74. The second-order valence-electron chi connectivity index (χ2n) is 4.02. The first-order valence-corrected chi connectivity index (χ1v) is 5.04. The topological polar surface area (TPSA) is 35.2 Å². The largest absolute Gasteiger partial charge is 0.485 e. The predicted molar refractivity (Wildman–Crippen MR) is 57.0 cm³/mol. The first-order chi connectivity index (χ1) is 5.98. The minimum absolute atomic E-state index is 0.114. The van der Waals surface area contributed by atoms with E-state index in [-0.39, 0.29) is 5.60 Å². The van der Waals surface area contributed by atoms with E-state index in [9.17, 15) is 0 Å². The highest BCUT2D eigenvalue weighted by atomic mass is 79.9. The molecule has 0 atom stereocenters. The molecule has 3 heteroatoms. The molecule has 1 aromatic rings. The summed E-state index contributed by atoms with van der Waals surface area (Å²) in [7, 11) is 0. The van der Waals surface area contributed by atoms with Crippen LogP contribution < -0.4 is 10.5 Å². The Morgan fingerprint density at radius 1 is 1.46 bits per heavy atom. The van der Waals surface area contributed by atoms with Crippen molar-refractivity contribution in [2.24, 2.45) is 0 Å². The summed E-state index contributed by atoms with van der Waals surface area (Å²) in [5.41, 5.74) is 7.63. The lowest BCUT2D eigenvalue weighted by Gasteiger charge is -2.17. The molecule has 1 aliphatic rings. The highest BCUT2D eigenvalue weighted by molar-refractivity contribution is 9.10. The molecule has 70 valence electrons. The van der Waals surface area contributed by atoms with Gasteiger partial charge in [0.05, 0.1) is 5.69 Å². The molecule has 0 saturated carbocycles. The van der Waals surface area contributed by atoms with E-state index in [4.69, 9.17) is 10.5 Å². The van der Waals surface area contributed by atoms with Crippen LogP contribution in [0.15, 0.2) is 16.6 Å². The molecule has 0 fully saturated rings. The van der Waals surface area contributed by atoms with Crippen LogP contribution in [-0.4, -0.2) is 5.60 Å². The highest BCUT2D eigenvalue weighted by Crippen LogP contribution is 2.40. The van der Waals surface area contributed by atoms with Crippen LogP contribution in [0.4, 0.5) is 5.69 Å². The summed E-state index contributed by atoms with van der Waals surface area (Å²) in [5, 5.41) is 0. The number of fused-ring (bicyclic) bond motifs is 1. The number of hydrogen-bond donors (Lipinski definition) is 1. The number of nitrogen functional groups attached to an aromatic ring is 1. The Balaban J connectivity index is 2.52. The first kappa shape index (κ1) is 8.88. The summed E-state index contributed by atoms with van der Waals surface area (Å²) < 4.78 is 6.75. The molecular weight excluding hydrogens is 230 g/mol. The lowest BCUT2D eigenvalue weighted by molar-refractivity contribution is 0.139. The van der Waals surface area contributed by atoms with Gasteiger partial charge in [-0.05, 0) is 26.0 Å². The summed E-state index contributed by atoms with van der Waals surface area (Å²) in [6, 6.07) is 3.95. The van der Waals surface area contributed by atoms with Crippen molar-refractivity contribution in [3.8, 4) is 5.75 Å². The van der Waals surface area contributed by atoms with E-state index in [2.05, 4.69) is 35.8 Å². The van der Waals surface area contributed by atoms with E-state index in [0.29, 0.717) is 0 Å². The van der Waals surface area contributed by atoms with Crippen LogP contribution in [0.5, 0.6) is 5.75 Å². The molecule has 1 aliphatic heterocycles. The summed E-state index contributed by atoms with van der Waals surface area (Å²) in [5.74, 6) is 0.855. The fourth-order valence-corrected chi connectivity index (χ4v) is 2.22. The third-order valence-corrected chi connectivity index (χ3v) is 2.61. The molecule has 0 aliphatic carbocycles. The Kier molecular flexibility index (Phi) is 1.80. The second kappa shape index (κ2) is 2.64. The Morgan fingerprint density at radius 2 is 2.15 bits per heavy atom. The molecular formula is C10H12BrNO. The molecule has 2 nitrogen and oxygen atoms in total. The third-order valence-electron chi connectivity index (χ3n) is 2.15. The van der Waals surface area contributed by atoms with Gasteiger partial charge in [-0.25, -0.2) is 0 Å². The molecule has 1 aromatic carbocycles. The molecule has 0 amide bonds. The first-order valence-electron chi connectivity index (χ1n) is 4.25. The van der Waals surface area contributed by atoms with Gasteiger partial charge in [-0.1, -0.05) is 15.9 Å². The zero-order valence-corrected chi connectivity index (χ0v) is 9.31. The zero-order chi connectivity index (χ0) is 9.64. The van der Waals surface area contributed by atoms with Gasteiger partial charge in [-0.15, -0.1) is 0 Å². The Labute approximate surface area is 86.2 Å². The van der Waals surface area contributed by atoms with Crippen molar-refractivity contribution >= 4 is 21.6 Å². The van der Waals surface area contributed by atoms with Gasteiger partial charge in [-0.3, -0.25) is 0 Å². The quantitative estimate of drug-likeness (QED) is 0.710. The summed E-state index contributed by atoms with van der Waals surface area (Å²) in [6.07, 6.45) is 0.923. The van der Waals surface area contributed by atoms with Crippen LogP contribution in [0.2, 0.25) is 0 Å². The van der Waals surface area contributed by atoms with E-state index in [1.807, 2.05) is 6.07 Å². The van der Waals surface area contributed by atoms with Crippen LogP contribution in [0, 0.1) is 0 Å². The fraction of sp³-hybridized carbons (Fsp3) is 0.400. The van der Waals surface area contributed by atoms with Crippen LogP contribution in [0.25, 0.3) is 0 Å². The van der Waals surface area contributed by atoms with Gasteiger partial charge in [0.15, 0.2) is 0 Å². The molecule has 0 aromatic heterocycles. The molecule has 0 saturated heterocycles. The summed E-state index contributed by atoms with van der Waals surface area (Å²) in [4.78, 5) is 0. The van der Waals surface area contributed by atoms with E-state index in [1.165, 1.54) is 5.56 Å². The zero-order valence-electron chi connectivity index (χ0n) is 7.73. The SMILES string of the molecule is CC1(C)Cc2cc(Br)cc(N)c2O1. The average Bonchev–Trinajstić information content (AvgIpc) is 2.23. The number of anilines is 1. The third kappa shape index (κ3) is 1.53. The van der Waals surface area contributed by atoms with Gasteiger partial charge in [-0.2, -0.15) is 0 Å². The van der Waals surface area contributed by atoms with Crippen molar-refractivity contribution in [3.63, 3.8) is 0 Å². The van der Waals surface area contributed by atoms with Crippen LogP contribution in [0.3, 0.4) is 0 Å². The summed E-state index contributed by atoms with van der Waals surface area (Å²) in [6.45, 7) is 4.14. The van der Waals surface area contributed by atoms with Crippen molar-refractivity contribution in [1.29, 1.82) is 0 Å². The Morgan fingerprint density at radius 3 is 2.85 bits per heavy atom. The smallest absolute Gasteiger partial charge is 0.146 e. The van der Waals surface area contributed by atoms with E-state index in [0.717, 1.165) is 22.3 Å². The van der Waals surface area contributed by atoms with Crippen LogP contribution in [0.1, 0.15) is 19.4 Å². The molecule has 1 heterocycles. The molecule has 2 N–H and O–H groups in total. The maximum atomic E-state index is 5.84. The van der Waals surface area contributed by atoms with Crippen LogP contribution in [-0.2, 0) is 6.42 Å². The lowest BCUT2D eigenvalue weighted by atomic mass is 10.0. The van der Waals surface area contributed by atoms with Crippen molar-refractivity contribution in [1.82, 2.24) is 0 Å². The molecule has 0 spiro atoms. The monoisotopic (exact) mass is 241 g/mol. The van der Waals surface area contributed by atoms with Crippen molar-refractivity contribution in [2.75, 3.05) is 5.73 Å². The molecule has 0 unspecified atom stereocenters. The highest BCUT2D eigenvalue weighted by Gasteiger charge is 2.31. The Bertz CT molecular complexity index is 360. The van der Waals surface area contributed by atoms with Crippen molar-refractivity contribution in [2.45, 2.75) is 25.9 Å². The molecule has 0 bridgehead atoms. The minimum atomic E-state index is -0.114. The van der Waals surface area contributed by atoms with Gasteiger partial charge in [0.1, 0.15) is 11.4 Å². The normalized spacial score (nSPS) is 18.1. The molecule has 13 heavy (non-hydrogen) atoms. The second-order valence-corrected chi connectivity index (χ2v) is 4.94. The summed E-state index contributed by atoms with van der Waals surface area (Å²) >= 11 is 3.42. The Hall–Kier alpha value is -0.700. The van der Waals surface area contributed by atoms with Crippen LogP contribution >= 0.6 is 15.9 Å². The number of rotatable bonds is 0. The maximum absolute atomic E-state index is 5.84. The fourth-order valence-electron chi connectivity index (χ4n) is 1.70.